The maximum Gasteiger partial charge on any atom is 0.125 e. The summed E-state index contributed by atoms with van der Waals surface area (Å²) < 4.78 is 0. The lowest BCUT2D eigenvalue weighted by molar-refractivity contribution is 1.05. The lowest BCUT2D eigenvalue weighted by Crippen LogP contribution is -1.85. The van der Waals surface area contributed by atoms with Crippen LogP contribution in [0.1, 0.15) is 11.4 Å². The number of hydrogen-bond donors (Lipinski definition) is 0. The van der Waals surface area contributed by atoms with Crippen molar-refractivity contribution in [3.05, 3.63) is 42.5 Å². The van der Waals surface area contributed by atoms with E-state index in [9.17, 15) is 0 Å². The largest absolute Gasteiger partial charge is 0.241 e. The van der Waals surface area contributed by atoms with Crippen LogP contribution in [0.2, 0.25) is 0 Å². The van der Waals surface area contributed by atoms with Gasteiger partial charge in [-0.2, -0.15) is 0 Å². The fourth-order valence-corrected chi connectivity index (χ4v) is 0.668. The summed E-state index contributed by atoms with van der Waals surface area (Å²) in [6.07, 6.45) is 9.05. The third-order valence-corrected chi connectivity index (χ3v) is 1.23. The summed E-state index contributed by atoms with van der Waals surface area (Å²) in [6, 6.07) is 0. The quantitative estimate of drug-likeness (QED) is 0.596. The Kier molecular flexibility index (Phi) is 2.55. The summed E-state index contributed by atoms with van der Waals surface area (Å²) in [5.41, 5.74) is 0.996. The molecule has 1 heterocycles. The highest BCUT2D eigenvalue weighted by Crippen LogP contribution is 1.97. The maximum atomic E-state index is 4.04. The topological polar surface area (TPSA) is 25.8 Å². The van der Waals surface area contributed by atoms with Crippen molar-refractivity contribution >= 4 is 6.08 Å². The van der Waals surface area contributed by atoms with Gasteiger partial charge in [-0.1, -0.05) is 24.8 Å². The second-order valence-corrected chi connectivity index (χ2v) is 2.16. The van der Waals surface area contributed by atoms with Gasteiger partial charge in [0.15, 0.2) is 0 Å². The maximum absolute atomic E-state index is 4.04. The molecule has 1 aromatic heterocycles. The Bertz CT molecular complexity index is 259. The average Bonchev–Trinajstić information content (AvgIpc) is 2.04. The van der Waals surface area contributed by atoms with Gasteiger partial charge in [-0.3, -0.25) is 0 Å². The van der Waals surface area contributed by atoms with E-state index in [0.717, 1.165) is 11.4 Å². The Balaban J connectivity index is 2.81. The lowest BCUT2D eigenvalue weighted by atomic mass is 10.3. The van der Waals surface area contributed by atoms with E-state index in [1.54, 1.807) is 18.5 Å². The van der Waals surface area contributed by atoms with E-state index < -0.39 is 0 Å². The molecule has 0 bridgehead atoms. The molecule has 1 aromatic rings. The summed E-state index contributed by atoms with van der Waals surface area (Å²) in [6.45, 7) is 5.43. The van der Waals surface area contributed by atoms with Gasteiger partial charge in [0.05, 0.1) is 0 Å². The molecule has 2 nitrogen and oxygen atoms in total. The molecule has 0 N–H and O–H groups in total. The van der Waals surface area contributed by atoms with Gasteiger partial charge < -0.3 is 0 Å². The average molecular weight is 146 g/mol. The van der Waals surface area contributed by atoms with Crippen molar-refractivity contribution in [1.29, 1.82) is 0 Å². The van der Waals surface area contributed by atoms with Crippen LogP contribution in [0.4, 0.5) is 0 Å². The van der Waals surface area contributed by atoms with Crippen molar-refractivity contribution in [2.24, 2.45) is 0 Å². The number of rotatable bonds is 2. The molecule has 0 amide bonds. The number of hydrogen-bond acceptors (Lipinski definition) is 2. The molecular formula is C9H10N2. The first-order valence-electron chi connectivity index (χ1n) is 3.40. The van der Waals surface area contributed by atoms with E-state index in [2.05, 4.69) is 16.5 Å². The second-order valence-electron chi connectivity index (χ2n) is 2.16. The Morgan fingerprint density at radius 3 is 2.55 bits per heavy atom. The molecule has 0 saturated carbocycles. The van der Waals surface area contributed by atoms with Gasteiger partial charge >= 0.3 is 0 Å². The summed E-state index contributed by atoms with van der Waals surface area (Å²) in [7, 11) is 0. The Hall–Kier alpha value is -1.44. The molecule has 0 aromatic carbocycles. The second kappa shape index (κ2) is 3.66. The summed E-state index contributed by atoms with van der Waals surface area (Å²) in [4.78, 5) is 8.07. The van der Waals surface area contributed by atoms with Crippen LogP contribution in [0.15, 0.2) is 31.1 Å². The minimum Gasteiger partial charge on any atom is -0.241 e. The third kappa shape index (κ3) is 2.34. The normalized spacial score (nSPS) is 10.3. The van der Waals surface area contributed by atoms with Gasteiger partial charge in [0.1, 0.15) is 5.82 Å². The molecule has 0 saturated heterocycles. The van der Waals surface area contributed by atoms with Crippen LogP contribution >= 0.6 is 0 Å². The molecule has 0 radical (unpaired) electrons. The highest BCUT2D eigenvalue weighted by molar-refractivity contribution is 5.48. The number of nitrogens with zero attached hydrogens (tertiary/aromatic N) is 2. The fraction of sp³-hybridized carbons (Fsp3) is 0.111. The zero-order valence-corrected chi connectivity index (χ0v) is 6.49. The SMILES string of the molecule is C=C/C=C\c1cnc(C)nc1. The van der Waals surface area contributed by atoms with Crippen molar-refractivity contribution in [2.45, 2.75) is 6.92 Å². The number of aromatic nitrogens is 2. The molecular weight excluding hydrogens is 136 g/mol. The molecule has 0 unspecified atom stereocenters. The molecule has 0 spiro atoms. The molecule has 2 heteroatoms. The number of allylic oxidation sites excluding steroid dienone is 2. The molecule has 0 fully saturated rings. The number of aryl methyl sites for hydroxylation is 1. The van der Waals surface area contributed by atoms with Crippen LogP contribution in [0.5, 0.6) is 0 Å². The van der Waals surface area contributed by atoms with Crippen LogP contribution < -0.4 is 0 Å². The van der Waals surface area contributed by atoms with Crippen LogP contribution in [-0.2, 0) is 0 Å². The van der Waals surface area contributed by atoms with Gasteiger partial charge in [-0.15, -0.1) is 0 Å². The van der Waals surface area contributed by atoms with Crippen LogP contribution in [0.3, 0.4) is 0 Å². The van der Waals surface area contributed by atoms with E-state index in [0.29, 0.717) is 0 Å². The monoisotopic (exact) mass is 146 g/mol. The zero-order chi connectivity index (χ0) is 8.10. The van der Waals surface area contributed by atoms with E-state index in [-0.39, 0.29) is 0 Å². The molecule has 0 atom stereocenters. The Morgan fingerprint density at radius 2 is 2.00 bits per heavy atom. The summed E-state index contributed by atoms with van der Waals surface area (Å²) >= 11 is 0. The molecule has 0 aliphatic carbocycles. The first kappa shape index (κ1) is 7.66. The van der Waals surface area contributed by atoms with Crippen molar-refractivity contribution < 1.29 is 0 Å². The summed E-state index contributed by atoms with van der Waals surface area (Å²) in [5, 5.41) is 0. The first-order valence-corrected chi connectivity index (χ1v) is 3.40. The van der Waals surface area contributed by atoms with Crippen molar-refractivity contribution in [3.8, 4) is 0 Å². The van der Waals surface area contributed by atoms with Gasteiger partial charge in [-0.25, -0.2) is 9.97 Å². The molecule has 0 aliphatic heterocycles. The van der Waals surface area contributed by atoms with Gasteiger partial charge in [0, 0.05) is 18.0 Å². The predicted molar refractivity (Wildman–Crippen MR) is 46.0 cm³/mol. The molecule has 1 rings (SSSR count). The van der Waals surface area contributed by atoms with E-state index in [1.807, 2.05) is 19.1 Å². The van der Waals surface area contributed by atoms with Crippen molar-refractivity contribution in [2.75, 3.05) is 0 Å². The highest BCUT2D eigenvalue weighted by Gasteiger charge is 1.86. The van der Waals surface area contributed by atoms with Crippen LogP contribution in [0.25, 0.3) is 6.08 Å². The van der Waals surface area contributed by atoms with Crippen molar-refractivity contribution in [1.82, 2.24) is 9.97 Å². The molecule has 11 heavy (non-hydrogen) atoms. The van der Waals surface area contributed by atoms with Gasteiger partial charge in [-0.05, 0) is 6.92 Å². The third-order valence-electron chi connectivity index (χ3n) is 1.23. The summed E-state index contributed by atoms with van der Waals surface area (Å²) in [5.74, 6) is 0.792. The predicted octanol–water partition coefficient (Wildman–Crippen LogP) is 1.98. The smallest absolute Gasteiger partial charge is 0.125 e. The van der Waals surface area contributed by atoms with Crippen LogP contribution in [0, 0.1) is 6.92 Å². The molecule has 56 valence electrons. The fourth-order valence-electron chi connectivity index (χ4n) is 0.668. The Labute approximate surface area is 66.3 Å². The van der Waals surface area contributed by atoms with E-state index >= 15 is 0 Å². The Morgan fingerprint density at radius 1 is 1.36 bits per heavy atom. The minimum absolute atomic E-state index is 0.792. The van der Waals surface area contributed by atoms with Crippen molar-refractivity contribution in [3.63, 3.8) is 0 Å². The molecule has 0 aliphatic rings. The standard InChI is InChI=1S/C9H10N2/c1-3-4-5-9-6-10-8(2)11-7-9/h3-7H,1H2,2H3/b5-4-. The van der Waals surface area contributed by atoms with E-state index in [4.69, 9.17) is 0 Å². The highest BCUT2D eigenvalue weighted by atomic mass is 14.8. The zero-order valence-electron chi connectivity index (χ0n) is 6.49. The van der Waals surface area contributed by atoms with Gasteiger partial charge in [0.25, 0.3) is 0 Å². The van der Waals surface area contributed by atoms with Crippen LogP contribution in [-0.4, -0.2) is 9.97 Å². The lowest BCUT2D eigenvalue weighted by Gasteiger charge is -1.91. The van der Waals surface area contributed by atoms with Gasteiger partial charge in [0.2, 0.25) is 0 Å². The van der Waals surface area contributed by atoms with E-state index in [1.165, 1.54) is 0 Å². The minimum atomic E-state index is 0.792. The first-order chi connectivity index (χ1) is 5.33.